The molecule has 2 aromatic carbocycles. The molecule has 0 saturated carbocycles. The lowest BCUT2D eigenvalue weighted by Gasteiger charge is -2.23. The van der Waals surface area contributed by atoms with Gasteiger partial charge in [-0.3, -0.25) is 4.79 Å². The van der Waals surface area contributed by atoms with Crippen LogP contribution in [-0.2, 0) is 17.9 Å². The van der Waals surface area contributed by atoms with Crippen molar-refractivity contribution in [2.45, 2.75) is 20.0 Å². The fraction of sp³-hybridized carbons (Fsp3) is 0.182. The van der Waals surface area contributed by atoms with Crippen molar-refractivity contribution >= 4 is 34.0 Å². The first-order chi connectivity index (χ1) is 13.7. The summed E-state index contributed by atoms with van der Waals surface area (Å²) >= 11 is 1.65. The van der Waals surface area contributed by atoms with Crippen LogP contribution in [0.15, 0.2) is 66.0 Å². The summed E-state index contributed by atoms with van der Waals surface area (Å²) in [6.45, 7) is 2.71. The Bertz CT molecular complexity index is 1080. The molecule has 2 heterocycles. The molecule has 0 aliphatic heterocycles. The second kappa shape index (κ2) is 7.86. The molecule has 0 N–H and O–H groups in total. The number of imidazole rings is 1. The van der Waals surface area contributed by atoms with Crippen molar-refractivity contribution in [1.82, 2.24) is 9.55 Å². The third-order valence-electron chi connectivity index (χ3n) is 4.72. The molecular formula is C22H21N3O2S. The Balaban J connectivity index is 1.66. The van der Waals surface area contributed by atoms with Crippen LogP contribution in [0.5, 0.6) is 5.75 Å². The van der Waals surface area contributed by atoms with E-state index in [-0.39, 0.29) is 12.5 Å². The number of carbonyl (C=O) groups is 1. The monoisotopic (exact) mass is 391 g/mol. The van der Waals surface area contributed by atoms with E-state index in [9.17, 15) is 4.79 Å². The Kier molecular flexibility index (Phi) is 5.12. The number of hydrogen-bond donors (Lipinski definition) is 0. The summed E-state index contributed by atoms with van der Waals surface area (Å²) in [5.41, 5.74) is 2.72. The Morgan fingerprint density at radius 1 is 1.11 bits per heavy atom. The maximum atomic E-state index is 13.3. The molecule has 0 radical (unpaired) electrons. The van der Waals surface area contributed by atoms with Crippen LogP contribution in [0.3, 0.4) is 0 Å². The highest BCUT2D eigenvalue weighted by atomic mass is 32.1. The zero-order valence-corrected chi connectivity index (χ0v) is 16.6. The Hall–Kier alpha value is -3.12. The van der Waals surface area contributed by atoms with Crippen molar-refractivity contribution < 1.29 is 9.53 Å². The van der Waals surface area contributed by atoms with E-state index in [1.807, 2.05) is 82.4 Å². The summed E-state index contributed by atoms with van der Waals surface area (Å²) in [5, 5.41) is 2.03. The van der Waals surface area contributed by atoms with E-state index in [4.69, 9.17) is 4.74 Å². The molecule has 0 bridgehead atoms. The number of hydrogen-bond acceptors (Lipinski definition) is 4. The highest BCUT2D eigenvalue weighted by Crippen LogP contribution is 2.24. The molecule has 0 aliphatic rings. The highest BCUT2D eigenvalue weighted by Gasteiger charge is 2.19. The quantitative estimate of drug-likeness (QED) is 0.481. The molecule has 1 amide bonds. The van der Waals surface area contributed by atoms with E-state index >= 15 is 0 Å². The molecule has 0 atom stereocenters. The topological polar surface area (TPSA) is 47.4 Å². The third kappa shape index (κ3) is 3.64. The number of para-hydroxylation sites is 2. The molecule has 28 heavy (non-hydrogen) atoms. The van der Waals surface area contributed by atoms with Gasteiger partial charge in [0.1, 0.15) is 18.1 Å². The van der Waals surface area contributed by atoms with Crippen LogP contribution in [0.4, 0.5) is 5.69 Å². The van der Waals surface area contributed by atoms with Gasteiger partial charge in [-0.15, -0.1) is 11.3 Å². The summed E-state index contributed by atoms with van der Waals surface area (Å²) in [4.78, 5) is 20.9. The van der Waals surface area contributed by atoms with Gasteiger partial charge in [-0.25, -0.2) is 4.98 Å². The predicted molar refractivity (Wildman–Crippen MR) is 113 cm³/mol. The van der Waals surface area contributed by atoms with Gasteiger partial charge in [0.15, 0.2) is 0 Å². The van der Waals surface area contributed by atoms with Crippen molar-refractivity contribution in [3.8, 4) is 5.75 Å². The number of methoxy groups -OCH3 is 1. The summed E-state index contributed by atoms with van der Waals surface area (Å²) in [5.74, 6) is 1.62. The number of benzene rings is 2. The Morgan fingerprint density at radius 3 is 2.61 bits per heavy atom. The molecule has 0 spiro atoms. The van der Waals surface area contributed by atoms with Crippen molar-refractivity contribution in [3.05, 3.63) is 76.7 Å². The minimum atomic E-state index is 0.0184. The standard InChI is InChI=1S/C22H21N3O2S/c1-16-23-20-7-3-4-8-21(20)24(16)15-22(26)25(14-19-6-5-13-28-19)17-9-11-18(27-2)12-10-17/h3-13H,14-15H2,1-2H3. The molecular weight excluding hydrogens is 370 g/mol. The summed E-state index contributed by atoms with van der Waals surface area (Å²) < 4.78 is 7.23. The van der Waals surface area contributed by atoms with E-state index in [0.717, 1.165) is 33.2 Å². The lowest BCUT2D eigenvalue weighted by Crippen LogP contribution is -2.33. The molecule has 0 fully saturated rings. The number of nitrogens with zero attached hydrogens (tertiary/aromatic N) is 3. The molecule has 0 aliphatic carbocycles. The molecule has 0 saturated heterocycles. The van der Waals surface area contributed by atoms with Gasteiger partial charge in [0, 0.05) is 10.6 Å². The van der Waals surface area contributed by atoms with Crippen LogP contribution in [0.1, 0.15) is 10.7 Å². The van der Waals surface area contributed by atoms with Gasteiger partial charge in [0.25, 0.3) is 0 Å². The number of rotatable bonds is 6. The first kappa shape index (κ1) is 18.3. The molecule has 4 aromatic rings. The Morgan fingerprint density at radius 2 is 1.89 bits per heavy atom. The van der Waals surface area contributed by atoms with Gasteiger partial charge >= 0.3 is 0 Å². The smallest absolute Gasteiger partial charge is 0.247 e. The molecule has 0 unspecified atom stereocenters. The second-order valence-electron chi connectivity index (χ2n) is 6.49. The third-order valence-corrected chi connectivity index (χ3v) is 5.58. The van der Waals surface area contributed by atoms with Crippen molar-refractivity contribution in [3.63, 3.8) is 0 Å². The number of anilines is 1. The summed E-state index contributed by atoms with van der Waals surface area (Å²) in [6, 6.07) is 19.5. The minimum Gasteiger partial charge on any atom is -0.497 e. The van der Waals surface area contributed by atoms with Gasteiger partial charge in [-0.2, -0.15) is 0 Å². The number of aryl methyl sites for hydroxylation is 1. The second-order valence-corrected chi connectivity index (χ2v) is 7.52. The zero-order chi connectivity index (χ0) is 19.5. The fourth-order valence-electron chi connectivity index (χ4n) is 3.26. The van der Waals surface area contributed by atoms with Crippen LogP contribution < -0.4 is 9.64 Å². The summed E-state index contributed by atoms with van der Waals surface area (Å²) in [7, 11) is 1.64. The lowest BCUT2D eigenvalue weighted by atomic mass is 10.2. The fourth-order valence-corrected chi connectivity index (χ4v) is 3.95. The van der Waals surface area contributed by atoms with Gasteiger partial charge in [-0.05, 0) is 54.8 Å². The number of aromatic nitrogens is 2. The van der Waals surface area contributed by atoms with E-state index in [0.29, 0.717) is 6.54 Å². The van der Waals surface area contributed by atoms with E-state index in [1.54, 1.807) is 18.4 Å². The molecule has 142 valence electrons. The highest BCUT2D eigenvalue weighted by molar-refractivity contribution is 7.09. The normalized spacial score (nSPS) is 10.9. The number of amides is 1. The van der Waals surface area contributed by atoms with Gasteiger partial charge in [-0.1, -0.05) is 18.2 Å². The maximum Gasteiger partial charge on any atom is 0.247 e. The average Bonchev–Trinajstić information content (AvgIpc) is 3.34. The van der Waals surface area contributed by atoms with Gasteiger partial charge < -0.3 is 14.2 Å². The van der Waals surface area contributed by atoms with Gasteiger partial charge in [0.2, 0.25) is 5.91 Å². The van der Waals surface area contributed by atoms with E-state index in [1.165, 1.54) is 0 Å². The van der Waals surface area contributed by atoms with E-state index in [2.05, 4.69) is 4.98 Å². The Labute approximate surface area is 167 Å². The number of fused-ring (bicyclic) bond motifs is 1. The number of thiophene rings is 1. The van der Waals surface area contributed by atoms with Crippen LogP contribution in [0, 0.1) is 6.92 Å². The first-order valence-corrected chi connectivity index (χ1v) is 9.92. The van der Waals surface area contributed by atoms with Crippen molar-refractivity contribution in [2.75, 3.05) is 12.0 Å². The molecule has 2 aromatic heterocycles. The van der Waals surface area contributed by atoms with Gasteiger partial charge in [0.05, 0.1) is 24.7 Å². The van der Waals surface area contributed by atoms with Crippen molar-refractivity contribution in [1.29, 1.82) is 0 Å². The lowest BCUT2D eigenvalue weighted by molar-refractivity contribution is -0.119. The SMILES string of the molecule is COc1ccc(N(Cc2cccs2)C(=O)Cn2c(C)nc3ccccc32)cc1. The largest absolute Gasteiger partial charge is 0.497 e. The minimum absolute atomic E-state index is 0.0184. The predicted octanol–water partition coefficient (Wildman–Crippen LogP) is 4.65. The molecule has 5 nitrogen and oxygen atoms in total. The summed E-state index contributed by atoms with van der Waals surface area (Å²) in [6.07, 6.45) is 0. The van der Waals surface area contributed by atoms with Crippen LogP contribution in [0.2, 0.25) is 0 Å². The molecule has 4 rings (SSSR count). The number of ether oxygens (including phenoxy) is 1. The number of carbonyl (C=O) groups excluding carboxylic acids is 1. The van der Waals surface area contributed by atoms with E-state index < -0.39 is 0 Å². The first-order valence-electron chi connectivity index (χ1n) is 9.04. The zero-order valence-electron chi connectivity index (χ0n) is 15.8. The van der Waals surface area contributed by atoms with Crippen LogP contribution >= 0.6 is 11.3 Å². The van der Waals surface area contributed by atoms with Crippen LogP contribution in [0.25, 0.3) is 11.0 Å². The average molecular weight is 391 g/mol. The maximum absolute atomic E-state index is 13.3. The molecule has 6 heteroatoms. The van der Waals surface area contributed by atoms with Crippen LogP contribution in [-0.4, -0.2) is 22.6 Å². The van der Waals surface area contributed by atoms with Crippen molar-refractivity contribution in [2.24, 2.45) is 0 Å².